The predicted octanol–water partition coefficient (Wildman–Crippen LogP) is 1.34. The van der Waals surface area contributed by atoms with E-state index in [1.807, 2.05) is 25.9 Å². The molecule has 0 aliphatic rings. The number of likely N-dealkylation sites (N-methyl/N-ethyl adjacent to an activating group) is 1. The summed E-state index contributed by atoms with van der Waals surface area (Å²) in [6.45, 7) is 4.68. The van der Waals surface area contributed by atoms with Gasteiger partial charge in [0.2, 0.25) is 0 Å². The molecule has 0 unspecified atom stereocenters. The van der Waals surface area contributed by atoms with Crippen molar-refractivity contribution in [2.45, 2.75) is 13.8 Å². The van der Waals surface area contributed by atoms with Crippen molar-refractivity contribution in [3.8, 4) is 5.75 Å². The molecule has 0 amide bonds. The van der Waals surface area contributed by atoms with Crippen LogP contribution in [-0.4, -0.2) is 48.2 Å². The molecule has 0 aliphatic carbocycles. The number of aryl methyl sites for hydroxylation is 2. The third kappa shape index (κ3) is 3.71. The minimum absolute atomic E-state index is 0.148. The van der Waals surface area contributed by atoms with Crippen LogP contribution in [0.25, 0.3) is 0 Å². The summed E-state index contributed by atoms with van der Waals surface area (Å²) in [7, 11) is 3.87. The van der Waals surface area contributed by atoms with Crippen LogP contribution in [0.1, 0.15) is 21.7 Å². The maximum Gasteiger partial charge on any atom is 0.341 e. The molecule has 0 aliphatic heterocycles. The summed E-state index contributed by atoms with van der Waals surface area (Å²) >= 11 is 0. The Labute approximate surface area is 101 Å². The third-order valence-corrected chi connectivity index (χ3v) is 2.30. The van der Waals surface area contributed by atoms with E-state index in [0.717, 1.165) is 12.2 Å². The zero-order valence-electron chi connectivity index (χ0n) is 10.6. The van der Waals surface area contributed by atoms with E-state index in [4.69, 9.17) is 9.84 Å². The maximum atomic E-state index is 11.1. The van der Waals surface area contributed by atoms with Crippen LogP contribution < -0.4 is 4.74 Å². The quantitative estimate of drug-likeness (QED) is 0.838. The Morgan fingerprint density at radius 3 is 2.65 bits per heavy atom. The third-order valence-electron chi connectivity index (χ3n) is 2.30. The van der Waals surface area contributed by atoms with E-state index < -0.39 is 5.97 Å². The van der Waals surface area contributed by atoms with Gasteiger partial charge in [-0.25, -0.2) is 4.79 Å². The van der Waals surface area contributed by atoms with Gasteiger partial charge < -0.3 is 14.7 Å². The number of ether oxygens (including phenoxy) is 1. The number of pyridine rings is 1. The summed E-state index contributed by atoms with van der Waals surface area (Å²) in [5.41, 5.74) is 1.39. The molecule has 0 saturated carbocycles. The molecule has 94 valence electrons. The minimum Gasteiger partial charge on any atom is -0.491 e. The molecule has 5 heteroatoms. The van der Waals surface area contributed by atoms with E-state index in [0.29, 0.717) is 18.1 Å². The van der Waals surface area contributed by atoms with Crippen molar-refractivity contribution >= 4 is 5.97 Å². The summed E-state index contributed by atoms with van der Waals surface area (Å²) < 4.78 is 5.51. The number of rotatable bonds is 5. The highest BCUT2D eigenvalue weighted by Crippen LogP contribution is 2.22. The number of carboxylic acids is 1. The Balaban J connectivity index is 2.92. The zero-order chi connectivity index (χ0) is 13.0. The molecule has 17 heavy (non-hydrogen) atoms. The van der Waals surface area contributed by atoms with Gasteiger partial charge in [0.05, 0.1) is 5.69 Å². The number of carboxylic acid groups (broad SMARTS) is 1. The molecular weight excluding hydrogens is 220 g/mol. The molecule has 1 aromatic rings. The minimum atomic E-state index is -1.00. The van der Waals surface area contributed by atoms with Gasteiger partial charge in [-0.3, -0.25) is 4.98 Å². The fourth-order valence-electron chi connectivity index (χ4n) is 1.51. The molecule has 0 spiro atoms. The van der Waals surface area contributed by atoms with Crippen LogP contribution >= 0.6 is 0 Å². The van der Waals surface area contributed by atoms with E-state index in [2.05, 4.69) is 4.98 Å². The second kappa shape index (κ2) is 5.63. The van der Waals surface area contributed by atoms with Gasteiger partial charge >= 0.3 is 5.97 Å². The second-order valence-electron chi connectivity index (χ2n) is 4.18. The average molecular weight is 238 g/mol. The second-order valence-corrected chi connectivity index (χ2v) is 4.18. The Kier molecular flexibility index (Phi) is 4.45. The van der Waals surface area contributed by atoms with E-state index in [-0.39, 0.29) is 5.56 Å². The largest absolute Gasteiger partial charge is 0.491 e. The van der Waals surface area contributed by atoms with Gasteiger partial charge in [-0.05, 0) is 27.9 Å². The smallest absolute Gasteiger partial charge is 0.341 e. The fourth-order valence-corrected chi connectivity index (χ4v) is 1.51. The monoisotopic (exact) mass is 238 g/mol. The number of aromatic carboxylic acids is 1. The Morgan fingerprint density at radius 1 is 1.47 bits per heavy atom. The summed E-state index contributed by atoms with van der Waals surface area (Å²) in [5, 5.41) is 9.12. The van der Waals surface area contributed by atoms with E-state index in [1.165, 1.54) is 0 Å². The van der Waals surface area contributed by atoms with Crippen molar-refractivity contribution < 1.29 is 14.6 Å². The Hall–Kier alpha value is -1.62. The van der Waals surface area contributed by atoms with Crippen molar-refractivity contribution in [1.82, 2.24) is 9.88 Å². The van der Waals surface area contributed by atoms with Crippen molar-refractivity contribution in [3.05, 3.63) is 23.0 Å². The number of aromatic nitrogens is 1. The SMILES string of the molecule is Cc1cc(OCCN(C)C)c(C(=O)O)c(C)n1. The number of carbonyl (C=O) groups is 1. The molecule has 5 nitrogen and oxygen atoms in total. The molecular formula is C12H18N2O3. The number of hydrogen-bond acceptors (Lipinski definition) is 4. The van der Waals surface area contributed by atoms with Gasteiger partial charge in [-0.2, -0.15) is 0 Å². The van der Waals surface area contributed by atoms with Crippen LogP contribution in [-0.2, 0) is 0 Å². The van der Waals surface area contributed by atoms with Crippen LogP contribution in [0.4, 0.5) is 0 Å². The summed E-state index contributed by atoms with van der Waals surface area (Å²) in [6, 6.07) is 1.66. The number of nitrogens with zero attached hydrogens (tertiary/aromatic N) is 2. The van der Waals surface area contributed by atoms with Gasteiger partial charge in [0.1, 0.15) is 17.9 Å². The Bertz CT molecular complexity index is 416. The first-order valence-electron chi connectivity index (χ1n) is 5.41. The van der Waals surface area contributed by atoms with Crippen molar-refractivity contribution in [2.24, 2.45) is 0 Å². The molecule has 0 fully saturated rings. The molecule has 1 N–H and O–H groups in total. The van der Waals surface area contributed by atoms with Gasteiger partial charge in [-0.1, -0.05) is 0 Å². The van der Waals surface area contributed by atoms with Crippen molar-refractivity contribution in [2.75, 3.05) is 27.2 Å². The lowest BCUT2D eigenvalue weighted by atomic mass is 10.1. The lowest BCUT2D eigenvalue weighted by Crippen LogP contribution is -2.20. The highest BCUT2D eigenvalue weighted by molar-refractivity contribution is 5.92. The van der Waals surface area contributed by atoms with Gasteiger partial charge in [0, 0.05) is 18.3 Å². The maximum absolute atomic E-state index is 11.1. The summed E-state index contributed by atoms with van der Waals surface area (Å²) in [6.07, 6.45) is 0. The molecule has 1 heterocycles. The van der Waals surface area contributed by atoms with Crippen LogP contribution in [0.3, 0.4) is 0 Å². The highest BCUT2D eigenvalue weighted by Gasteiger charge is 2.16. The molecule has 0 saturated heterocycles. The molecule has 0 aromatic carbocycles. The summed E-state index contributed by atoms with van der Waals surface area (Å²) in [5.74, 6) is -0.612. The van der Waals surface area contributed by atoms with E-state index in [9.17, 15) is 4.79 Å². The highest BCUT2D eigenvalue weighted by atomic mass is 16.5. The summed E-state index contributed by atoms with van der Waals surface area (Å²) in [4.78, 5) is 17.2. The first-order valence-corrected chi connectivity index (χ1v) is 5.41. The number of hydrogen-bond donors (Lipinski definition) is 1. The lowest BCUT2D eigenvalue weighted by molar-refractivity contribution is 0.0690. The van der Waals surface area contributed by atoms with Crippen LogP contribution in [0.5, 0.6) is 5.75 Å². The first kappa shape index (κ1) is 13.4. The standard InChI is InChI=1S/C12H18N2O3/c1-8-7-10(17-6-5-14(3)4)11(12(15)16)9(2)13-8/h7H,5-6H2,1-4H3,(H,15,16). The predicted molar refractivity (Wildman–Crippen MR) is 64.7 cm³/mol. The van der Waals surface area contributed by atoms with Crippen LogP contribution in [0, 0.1) is 13.8 Å². The van der Waals surface area contributed by atoms with E-state index in [1.54, 1.807) is 13.0 Å². The van der Waals surface area contributed by atoms with E-state index >= 15 is 0 Å². The molecule has 0 atom stereocenters. The molecule has 1 rings (SSSR count). The molecule has 0 radical (unpaired) electrons. The van der Waals surface area contributed by atoms with Crippen molar-refractivity contribution in [1.29, 1.82) is 0 Å². The lowest BCUT2D eigenvalue weighted by Gasteiger charge is -2.14. The van der Waals surface area contributed by atoms with Gasteiger partial charge in [0.15, 0.2) is 0 Å². The molecule has 0 bridgehead atoms. The zero-order valence-corrected chi connectivity index (χ0v) is 10.6. The fraction of sp³-hybridized carbons (Fsp3) is 0.500. The van der Waals surface area contributed by atoms with Crippen LogP contribution in [0.2, 0.25) is 0 Å². The molecule has 1 aromatic heterocycles. The average Bonchev–Trinajstić information content (AvgIpc) is 2.14. The van der Waals surface area contributed by atoms with Crippen molar-refractivity contribution in [3.63, 3.8) is 0 Å². The van der Waals surface area contributed by atoms with Gasteiger partial charge in [-0.15, -0.1) is 0 Å². The van der Waals surface area contributed by atoms with Crippen LogP contribution in [0.15, 0.2) is 6.07 Å². The first-order chi connectivity index (χ1) is 7.91. The Morgan fingerprint density at radius 2 is 2.12 bits per heavy atom. The topological polar surface area (TPSA) is 62.7 Å². The normalized spacial score (nSPS) is 10.6. The van der Waals surface area contributed by atoms with Gasteiger partial charge in [0.25, 0.3) is 0 Å².